The standard InChI is InChI=1S/C19H23N5O2/c25-19(16-8-17(26-23-16)12-3-4-12)24-7-5-15-14(11-24)10-21-18(22-15)13-2-1-6-20-9-13/h8,10,12-13,20H,1-7,9,11H2/t13-/m0/s1. The minimum absolute atomic E-state index is 0.0631. The van der Waals surface area contributed by atoms with Crippen LogP contribution in [0.5, 0.6) is 0 Å². The molecule has 1 aliphatic carbocycles. The average molecular weight is 353 g/mol. The third kappa shape index (κ3) is 3.00. The van der Waals surface area contributed by atoms with Crippen molar-refractivity contribution in [3.05, 3.63) is 40.8 Å². The van der Waals surface area contributed by atoms with Gasteiger partial charge in [0.05, 0.1) is 5.69 Å². The largest absolute Gasteiger partial charge is 0.360 e. The van der Waals surface area contributed by atoms with Crippen molar-refractivity contribution >= 4 is 5.91 Å². The number of carbonyl (C=O) groups is 1. The Kier molecular flexibility index (Phi) is 3.96. The van der Waals surface area contributed by atoms with Gasteiger partial charge in [0, 0.05) is 55.7 Å². The first kappa shape index (κ1) is 15.9. The molecule has 1 N–H and O–H groups in total. The van der Waals surface area contributed by atoms with Gasteiger partial charge in [0.2, 0.25) is 0 Å². The third-order valence-corrected chi connectivity index (χ3v) is 5.63. The van der Waals surface area contributed by atoms with Gasteiger partial charge in [-0.2, -0.15) is 0 Å². The fourth-order valence-electron chi connectivity index (χ4n) is 3.89. The molecule has 0 aromatic carbocycles. The van der Waals surface area contributed by atoms with Gasteiger partial charge in [0.15, 0.2) is 5.69 Å². The molecular formula is C19H23N5O2. The predicted octanol–water partition coefficient (Wildman–Crippen LogP) is 2.01. The van der Waals surface area contributed by atoms with Crippen molar-refractivity contribution in [2.75, 3.05) is 19.6 Å². The highest BCUT2D eigenvalue weighted by Gasteiger charge is 2.31. The van der Waals surface area contributed by atoms with Gasteiger partial charge in [0.25, 0.3) is 5.91 Å². The van der Waals surface area contributed by atoms with E-state index in [-0.39, 0.29) is 5.91 Å². The minimum Gasteiger partial charge on any atom is -0.360 e. The van der Waals surface area contributed by atoms with Crippen molar-refractivity contribution in [3.8, 4) is 0 Å². The van der Waals surface area contributed by atoms with Gasteiger partial charge in [-0.25, -0.2) is 9.97 Å². The molecule has 1 saturated heterocycles. The van der Waals surface area contributed by atoms with Gasteiger partial charge in [-0.3, -0.25) is 4.79 Å². The Balaban J connectivity index is 1.30. The van der Waals surface area contributed by atoms with Crippen LogP contribution in [-0.2, 0) is 13.0 Å². The molecule has 2 aromatic heterocycles. The average Bonchev–Trinajstić information content (AvgIpc) is 3.44. The lowest BCUT2D eigenvalue weighted by atomic mass is 9.98. The van der Waals surface area contributed by atoms with E-state index >= 15 is 0 Å². The van der Waals surface area contributed by atoms with Crippen LogP contribution in [-0.4, -0.2) is 45.6 Å². The van der Waals surface area contributed by atoms with Crippen LogP contribution in [0.15, 0.2) is 16.8 Å². The highest BCUT2D eigenvalue weighted by atomic mass is 16.5. The maximum absolute atomic E-state index is 12.7. The van der Waals surface area contributed by atoms with E-state index in [2.05, 4.69) is 15.5 Å². The van der Waals surface area contributed by atoms with E-state index in [0.29, 0.717) is 30.6 Å². The fraction of sp³-hybridized carbons (Fsp3) is 0.579. The predicted molar refractivity (Wildman–Crippen MR) is 93.8 cm³/mol. The molecule has 26 heavy (non-hydrogen) atoms. The summed E-state index contributed by atoms with van der Waals surface area (Å²) in [4.78, 5) is 24.0. The van der Waals surface area contributed by atoms with E-state index in [1.54, 1.807) is 0 Å². The lowest BCUT2D eigenvalue weighted by Crippen LogP contribution is -2.37. The second-order valence-corrected chi connectivity index (χ2v) is 7.61. The van der Waals surface area contributed by atoms with Gasteiger partial charge in [-0.05, 0) is 32.2 Å². The van der Waals surface area contributed by atoms with E-state index < -0.39 is 0 Å². The van der Waals surface area contributed by atoms with Gasteiger partial charge >= 0.3 is 0 Å². The van der Waals surface area contributed by atoms with Crippen molar-refractivity contribution in [2.45, 2.75) is 50.5 Å². The summed E-state index contributed by atoms with van der Waals surface area (Å²) in [6.45, 7) is 3.25. The Labute approximate surface area is 152 Å². The smallest absolute Gasteiger partial charge is 0.276 e. The van der Waals surface area contributed by atoms with Gasteiger partial charge in [0.1, 0.15) is 11.6 Å². The number of aromatic nitrogens is 3. The number of nitrogens with one attached hydrogen (secondary N) is 1. The molecule has 3 aliphatic rings. The van der Waals surface area contributed by atoms with E-state index in [1.165, 1.54) is 6.42 Å². The number of carbonyl (C=O) groups excluding carboxylic acids is 1. The first-order valence-electron chi connectivity index (χ1n) is 9.59. The van der Waals surface area contributed by atoms with Gasteiger partial charge in [-0.15, -0.1) is 0 Å². The maximum atomic E-state index is 12.7. The number of fused-ring (bicyclic) bond motifs is 1. The van der Waals surface area contributed by atoms with E-state index in [1.807, 2.05) is 17.2 Å². The summed E-state index contributed by atoms with van der Waals surface area (Å²) >= 11 is 0. The SMILES string of the molecule is O=C(c1cc(C2CC2)on1)N1CCc2nc([C@H]3CCCNC3)ncc2C1. The van der Waals surface area contributed by atoms with E-state index in [9.17, 15) is 4.79 Å². The molecule has 0 unspecified atom stereocenters. The van der Waals surface area contributed by atoms with Crippen molar-refractivity contribution in [1.82, 2.24) is 25.3 Å². The minimum atomic E-state index is -0.0631. The molecule has 5 rings (SSSR count). The third-order valence-electron chi connectivity index (χ3n) is 5.63. The van der Waals surface area contributed by atoms with Crippen LogP contribution in [0.3, 0.4) is 0 Å². The number of piperidine rings is 1. The Morgan fingerprint density at radius 3 is 3.00 bits per heavy atom. The molecule has 2 aromatic rings. The highest BCUT2D eigenvalue weighted by Crippen LogP contribution is 2.40. The molecule has 0 radical (unpaired) electrons. The maximum Gasteiger partial charge on any atom is 0.276 e. The van der Waals surface area contributed by atoms with Crippen molar-refractivity contribution in [3.63, 3.8) is 0 Å². The number of hydrogen-bond acceptors (Lipinski definition) is 6. The Bertz CT molecular complexity index is 823. The topological polar surface area (TPSA) is 84.2 Å². The molecule has 1 saturated carbocycles. The van der Waals surface area contributed by atoms with Crippen LogP contribution in [0.4, 0.5) is 0 Å². The first-order valence-corrected chi connectivity index (χ1v) is 9.59. The molecule has 136 valence electrons. The summed E-state index contributed by atoms with van der Waals surface area (Å²) in [5.74, 6) is 2.60. The molecule has 7 heteroatoms. The van der Waals surface area contributed by atoms with Crippen molar-refractivity contribution in [1.29, 1.82) is 0 Å². The quantitative estimate of drug-likeness (QED) is 0.909. The zero-order chi connectivity index (χ0) is 17.5. The summed E-state index contributed by atoms with van der Waals surface area (Å²) in [7, 11) is 0. The monoisotopic (exact) mass is 353 g/mol. The molecule has 0 bridgehead atoms. The normalized spacial score (nSPS) is 22.9. The Hall–Kier alpha value is -2.28. The summed E-state index contributed by atoms with van der Waals surface area (Å²) < 4.78 is 5.32. The summed E-state index contributed by atoms with van der Waals surface area (Å²) in [5.41, 5.74) is 2.55. The van der Waals surface area contributed by atoms with Crippen LogP contribution in [0, 0.1) is 0 Å². The molecule has 7 nitrogen and oxygen atoms in total. The van der Waals surface area contributed by atoms with Crippen molar-refractivity contribution < 1.29 is 9.32 Å². The fourth-order valence-corrected chi connectivity index (χ4v) is 3.89. The number of hydrogen-bond donors (Lipinski definition) is 1. The van der Waals surface area contributed by atoms with Crippen LogP contribution in [0.1, 0.15) is 70.8 Å². The van der Waals surface area contributed by atoms with Gasteiger partial charge < -0.3 is 14.7 Å². The number of amides is 1. The molecule has 1 amide bonds. The zero-order valence-electron chi connectivity index (χ0n) is 14.8. The van der Waals surface area contributed by atoms with Crippen LogP contribution < -0.4 is 5.32 Å². The summed E-state index contributed by atoms with van der Waals surface area (Å²) in [6.07, 6.45) is 7.26. The summed E-state index contributed by atoms with van der Waals surface area (Å²) in [5, 5.41) is 7.40. The molecule has 2 aliphatic heterocycles. The van der Waals surface area contributed by atoms with Crippen molar-refractivity contribution in [2.24, 2.45) is 0 Å². The Morgan fingerprint density at radius 1 is 1.27 bits per heavy atom. The highest BCUT2D eigenvalue weighted by molar-refractivity contribution is 5.92. The van der Waals surface area contributed by atoms with Gasteiger partial charge in [-0.1, -0.05) is 5.16 Å². The van der Waals surface area contributed by atoms with E-state index in [4.69, 9.17) is 9.51 Å². The van der Waals surface area contributed by atoms with Crippen LogP contribution in [0.25, 0.3) is 0 Å². The second-order valence-electron chi connectivity index (χ2n) is 7.61. The molecule has 2 fully saturated rings. The molecule has 4 heterocycles. The molecule has 0 spiro atoms. The lowest BCUT2D eigenvalue weighted by Gasteiger charge is -2.28. The molecule has 1 atom stereocenters. The summed E-state index contributed by atoms with van der Waals surface area (Å²) in [6, 6.07) is 1.81. The second kappa shape index (κ2) is 6.46. The zero-order valence-corrected chi connectivity index (χ0v) is 14.8. The van der Waals surface area contributed by atoms with Crippen LogP contribution >= 0.6 is 0 Å². The van der Waals surface area contributed by atoms with E-state index in [0.717, 1.165) is 61.6 Å². The van der Waals surface area contributed by atoms with Crippen LogP contribution in [0.2, 0.25) is 0 Å². The number of nitrogens with zero attached hydrogens (tertiary/aromatic N) is 4. The molecular weight excluding hydrogens is 330 g/mol. The lowest BCUT2D eigenvalue weighted by molar-refractivity contribution is 0.0722. The first-order chi connectivity index (χ1) is 12.8. The number of rotatable bonds is 3. The Morgan fingerprint density at radius 2 is 2.19 bits per heavy atom.